The number of nitrogens with zero attached hydrogens (tertiary/aromatic N) is 1. The zero-order valence-electron chi connectivity index (χ0n) is 12.6. The number of carbonyl (C=O) groups excluding carboxylic acids is 1. The van der Waals surface area contributed by atoms with Crippen LogP contribution in [0.4, 0.5) is 5.00 Å². The third kappa shape index (κ3) is 5.55. The number of hydrogen-bond donors (Lipinski definition) is 1. The van der Waals surface area contributed by atoms with Crippen LogP contribution in [0, 0.1) is 0 Å². The third-order valence-electron chi connectivity index (χ3n) is 2.97. The zero-order valence-corrected chi connectivity index (χ0v) is 13.4. The molecule has 118 valence electrons. The van der Waals surface area contributed by atoms with Crippen molar-refractivity contribution in [3.05, 3.63) is 36.4 Å². The Balaban J connectivity index is 1.72. The van der Waals surface area contributed by atoms with Gasteiger partial charge in [-0.2, -0.15) is 4.37 Å². The molecule has 0 bridgehead atoms. The van der Waals surface area contributed by atoms with Gasteiger partial charge in [-0.25, -0.2) is 0 Å². The average molecular weight is 320 g/mol. The molecule has 0 unspecified atom stereocenters. The third-order valence-corrected chi connectivity index (χ3v) is 3.67. The monoisotopic (exact) mass is 320 g/mol. The maximum Gasteiger partial charge on any atom is 0.225 e. The molecule has 5 nitrogen and oxygen atoms in total. The Kier molecular flexibility index (Phi) is 7.02. The standard InChI is InChI=1S/C16H20N2O3S/c1-20-10-11-21-9-5-8-15(19)17-16-12-14(18-22-16)13-6-3-2-4-7-13/h2-4,6-7,12H,5,8-11H2,1H3,(H,17,19). The lowest BCUT2D eigenvalue weighted by atomic mass is 10.1. The normalized spacial score (nSPS) is 10.6. The second-order valence-corrected chi connectivity index (χ2v) is 5.50. The van der Waals surface area contributed by atoms with Crippen LogP contribution in [0.25, 0.3) is 11.3 Å². The van der Waals surface area contributed by atoms with Crippen molar-refractivity contribution in [3.63, 3.8) is 0 Å². The molecule has 0 spiro atoms. The van der Waals surface area contributed by atoms with Gasteiger partial charge < -0.3 is 14.8 Å². The molecule has 6 heteroatoms. The Morgan fingerprint density at radius 2 is 2.05 bits per heavy atom. The van der Waals surface area contributed by atoms with E-state index in [4.69, 9.17) is 9.47 Å². The molecule has 1 aromatic heterocycles. The van der Waals surface area contributed by atoms with E-state index in [-0.39, 0.29) is 5.91 Å². The first-order chi connectivity index (χ1) is 10.8. The van der Waals surface area contributed by atoms with Crippen molar-refractivity contribution in [3.8, 4) is 11.3 Å². The molecule has 1 N–H and O–H groups in total. The maximum atomic E-state index is 11.8. The molecular formula is C16H20N2O3S. The summed E-state index contributed by atoms with van der Waals surface area (Å²) in [5.74, 6) is -0.0152. The Morgan fingerprint density at radius 1 is 1.23 bits per heavy atom. The number of methoxy groups -OCH3 is 1. The van der Waals surface area contributed by atoms with Gasteiger partial charge in [-0.1, -0.05) is 30.3 Å². The Morgan fingerprint density at radius 3 is 2.82 bits per heavy atom. The van der Waals surface area contributed by atoms with E-state index < -0.39 is 0 Å². The number of benzene rings is 1. The van der Waals surface area contributed by atoms with Gasteiger partial charge in [-0.3, -0.25) is 4.79 Å². The van der Waals surface area contributed by atoms with Crippen LogP contribution in [-0.4, -0.2) is 37.2 Å². The lowest BCUT2D eigenvalue weighted by molar-refractivity contribution is -0.116. The second kappa shape index (κ2) is 9.30. The van der Waals surface area contributed by atoms with Gasteiger partial charge in [0.25, 0.3) is 0 Å². The summed E-state index contributed by atoms with van der Waals surface area (Å²) in [7, 11) is 1.63. The van der Waals surface area contributed by atoms with Gasteiger partial charge in [0.1, 0.15) is 5.00 Å². The number of nitrogens with one attached hydrogen (secondary N) is 1. The van der Waals surface area contributed by atoms with Crippen LogP contribution in [0.1, 0.15) is 12.8 Å². The minimum absolute atomic E-state index is 0.0152. The average Bonchev–Trinajstić information content (AvgIpc) is 3.00. The molecule has 0 saturated carbocycles. The van der Waals surface area contributed by atoms with Crippen molar-refractivity contribution in [1.82, 2.24) is 4.37 Å². The van der Waals surface area contributed by atoms with Crippen LogP contribution in [0.5, 0.6) is 0 Å². The van der Waals surface area contributed by atoms with Gasteiger partial charge in [-0.15, -0.1) is 0 Å². The lowest BCUT2D eigenvalue weighted by Crippen LogP contribution is -2.12. The molecule has 1 amide bonds. The summed E-state index contributed by atoms with van der Waals surface area (Å²) in [6.45, 7) is 1.71. The Labute approximate surface area is 134 Å². The number of amides is 1. The second-order valence-electron chi connectivity index (χ2n) is 4.70. The van der Waals surface area contributed by atoms with Gasteiger partial charge in [0.2, 0.25) is 5.91 Å². The van der Waals surface area contributed by atoms with E-state index in [0.717, 1.165) is 16.3 Å². The largest absolute Gasteiger partial charge is 0.382 e. The van der Waals surface area contributed by atoms with E-state index >= 15 is 0 Å². The number of aromatic nitrogens is 1. The van der Waals surface area contributed by atoms with Gasteiger partial charge in [0, 0.05) is 31.8 Å². The molecule has 2 rings (SSSR count). The molecule has 1 heterocycles. The Hall–Kier alpha value is -1.76. The summed E-state index contributed by atoms with van der Waals surface area (Å²) < 4.78 is 14.6. The minimum atomic E-state index is -0.0152. The predicted molar refractivity (Wildman–Crippen MR) is 88.1 cm³/mol. The predicted octanol–water partition coefficient (Wildman–Crippen LogP) is 3.19. The highest BCUT2D eigenvalue weighted by atomic mass is 32.1. The summed E-state index contributed by atoms with van der Waals surface area (Å²) in [6, 6.07) is 11.8. The van der Waals surface area contributed by atoms with Crippen LogP contribution in [-0.2, 0) is 14.3 Å². The quantitative estimate of drug-likeness (QED) is 0.721. The van der Waals surface area contributed by atoms with Gasteiger partial charge >= 0.3 is 0 Å². The van der Waals surface area contributed by atoms with E-state index in [1.807, 2.05) is 36.4 Å². The van der Waals surface area contributed by atoms with Crippen LogP contribution >= 0.6 is 11.5 Å². The van der Waals surface area contributed by atoms with E-state index in [1.165, 1.54) is 11.5 Å². The van der Waals surface area contributed by atoms with Crippen molar-refractivity contribution < 1.29 is 14.3 Å². The molecule has 1 aromatic carbocycles. The molecule has 0 radical (unpaired) electrons. The van der Waals surface area contributed by atoms with Crippen molar-refractivity contribution in [2.75, 3.05) is 32.2 Å². The van der Waals surface area contributed by atoms with Gasteiger partial charge in [-0.05, 0) is 18.0 Å². The first-order valence-corrected chi connectivity index (χ1v) is 7.95. The molecule has 0 aliphatic rings. The molecular weight excluding hydrogens is 300 g/mol. The SMILES string of the molecule is COCCOCCCC(=O)Nc1cc(-c2ccccc2)ns1. The lowest BCUT2D eigenvalue weighted by Gasteiger charge is -2.03. The van der Waals surface area contributed by atoms with Crippen molar-refractivity contribution in [2.24, 2.45) is 0 Å². The van der Waals surface area contributed by atoms with E-state index in [0.29, 0.717) is 32.7 Å². The van der Waals surface area contributed by atoms with E-state index in [2.05, 4.69) is 9.69 Å². The number of anilines is 1. The minimum Gasteiger partial charge on any atom is -0.382 e. The summed E-state index contributed by atoms with van der Waals surface area (Å²) in [5.41, 5.74) is 1.93. The fourth-order valence-electron chi connectivity index (χ4n) is 1.86. The maximum absolute atomic E-state index is 11.8. The van der Waals surface area contributed by atoms with Gasteiger partial charge in [0.05, 0.1) is 18.9 Å². The summed E-state index contributed by atoms with van der Waals surface area (Å²) in [5, 5.41) is 3.64. The number of hydrogen-bond acceptors (Lipinski definition) is 5. The number of carbonyl (C=O) groups is 1. The molecule has 0 aliphatic carbocycles. The van der Waals surface area contributed by atoms with Crippen LogP contribution in [0.2, 0.25) is 0 Å². The molecule has 0 saturated heterocycles. The highest BCUT2D eigenvalue weighted by Crippen LogP contribution is 2.25. The molecule has 0 aliphatic heterocycles. The zero-order chi connectivity index (χ0) is 15.6. The van der Waals surface area contributed by atoms with Crippen molar-refractivity contribution >= 4 is 22.4 Å². The highest BCUT2D eigenvalue weighted by Gasteiger charge is 2.07. The fourth-order valence-corrected chi connectivity index (χ4v) is 2.54. The van der Waals surface area contributed by atoms with Crippen LogP contribution < -0.4 is 5.32 Å². The van der Waals surface area contributed by atoms with Crippen LogP contribution in [0.3, 0.4) is 0 Å². The molecule has 0 atom stereocenters. The topological polar surface area (TPSA) is 60.5 Å². The Bertz CT molecular complexity index is 572. The fraction of sp³-hybridized carbons (Fsp3) is 0.375. The van der Waals surface area contributed by atoms with E-state index in [1.54, 1.807) is 7.11 Å². The smallest absolute Gasteiger partial charge is 0.225 e. The van der Waals surface area contributed by atoms with Crippen molar-refractivity contribution in [1.29, 1.82) is 0 Å². The highest BCUT2D eigenvalue weighted by molar-refractivity contribution is 7.10. The molecule has 0 fully saturated rings. The molecule has 22 heavy (non-hydrogen) atoms. The number of rotatable bonds is 9. The first kappa shape index (κ1) is 16.6. The first-order valence-electron chi connectivity index (χ1n) is 7.18. The van der Waals surface area contributed by atoms with Crippen molar-refractivity contribution in [2.45, 2.75) is 12.8 Å². The molecule has 2 aromatic rings. The summed E-state index contributed by atoms with van der Waals surface area (Å²) in [6.07, 6.45) is 1.13. The van der Waals surface area contributed by atoms with E-state index in [9.17, 15) is 4.79 Å². The van der Waals surface area contributed by atoms with Gasteiger partial charge in [0.15, 0.2) is 0 Å². The number of ether oxygens (including phenoxy) is 2. The summed E-state index contributed by atoms with van der Waals surface area (Å²) in [4.78, 5) is 11.8. The van der Waals surface area contributed by atoms with Crippen LogP contribution in [0.15, 0.2) is 36.4 Å². The summed E-state index contributed by atoms with van der Waals surface area (Å²) >= 11 is 1.29.